The van der Waals surface area contributed by atoms with Gasteiger partial charge in [0.1, 0.15) is 0 Å². The van der Waals surface area contributed by atoms with Gasteiger partial charge in [-0.25, -0.2) is 0 Å². The Morgan fingerprint density at radius 2 is 2.00 bits per heavy atom. The van der Waals surface area contributed by atoms with Crippen molar-refractivity contribution in [2.75, 3.05) is 25.0 Å². The third-order valence-corrected chi connectivity index (χ3v) is 5.88. The van der Waals surface area contributed by atoms with E-state index in [-0.39, 0.29) is 17.9 Å². The minimum Gasteiger partial charge on any atom is -0.349 e. The van der Waals surface area contributed by atoms with Crippen molar-refractivity contribution in [2.24, 2.45) is 0 Å². The van der Waals surface area contributed by atoms with Gasteiger partial charge in [-0.2, -0.15) is 0 Å². The molecule has 1 aliphatic rings. The average molecular weight is 406 g/mol. The van der Waals surface area contributed by atoms with Crippen LogP contribution < -0.4 is 10.6 Å². The van der Waals surface area contributed by atoms with E-state index in [9.17, 15) is 9.59 Å². The zero-order chi connectivity index (χ0) is 19.2. The third kappa shape index (κ3) is 5.31. The SMILES string of the molecule is CCCN1CCC(NC(=O)c2ccc(Cl)c(NC(=O)c3cccs3)c2)CC1. The van der Waals surface area contributed by atoms with Crippen LogP contribution in [0.1, 0.15) is 46.2 Å². The first-order valence-electron chi connectivity index (χ1n) is 9.24. The van der Waals surface area contributed by atoms with Crippen LogP contribution in [-0.4, -0.2) is 42.4 Å². The maximum Gasteiger partial charge on any atom is 0.265 e. The maximum atomic E-state index is 12.6. The first-order chi connectivity index (χ1) is 13.1. The number of anilines is 1. The highest BCUT2D eigenvalue weighted by Gasteiger charge is 2.21. The van der Waals surface area contributed by atoms with Crippen molar-refractivity contribution in [3.05, 3.63) is 51.2 Å². The van der Waals surface area contributed by atoms with Crippen molar-refractivity contribution in [3.8, 4) is 0 Å². The highest BCUT2D eigenvalue weighted by molar-refractivity contribution is 7.12. The molecule has 144 valence electrons. The fraction of sp³-hybridized carbons (Fsp3) is 0.400. The Balaban J connectivity index is 1.61. The number of likely N-dealkylation sites (tertiary alicyclic amines) is 1. The van der Waals surface area contributed by atoms with Crippen molar-refractivity contribution in [1.29, 1.82) is 0 Å². The van der Waals surface area contributed by atoms with Gasteiger partial charge in [-0.1, -0.05) is 24.6 Å². The Bertz CT molecular complexity index is 787. The van der Waals surface area contributed by atoms with Crippen molar-refractivity contribution in [1.82, 2.24) is 10.2 Å². The van der Waals surface area contributed by atoms with Gasteiger partial charge in [-0.15, -0.1) is 11.3 Å². The second kappa shape index (κ2) is 9.35. The van der Waals surface area contributed by atoms with E-state index < -0.39 is 0 Å². The summed E-state index contributed by atoms with van der Waals surface area (Å²) in [4.78, 5) is 27.9. The molecular formula is C20H24ClN3O2S. The van der Waals surface area contributed by atoms with Gasteiger partial charge in [0, 0.05) is 24.7 Å². The minimum absolute atomic E-state index is 0.132. The molecule has 0 unspecified atom stereocenters. The van der Waals surface area contributed by atoms with Crippen LogP contribution >= 0.6 is 22.9 Å². The molecule has 0 saturated carbocycles. The molecule has 7 heteroatoms. The normalized spacial score (nSPS) is 15.5. The molecule has 0 spiro atoms. The Morgan fingerprint density at radius 1 is 1.22 bits per heavy atom. The lowest BCUT2D eigenvalue weighted by molar-refractivity contribution is 0.0910. The van der Waals surface area contributed by atoms with E-state index in [1.807, 2.05) is 11.4 Å². The number of amides is 2. The quantitative estimate of drug-likeness (QED) is 0.754. The molecule has 27 heavy (non-hydrogen) atoms. The molecule has 2 heterocycles. The highest BCUT2D eigenvalue weighted by atomic mass is 35.5. The molecule has 2 N–H and O–H groups in total. The van der Waals surface area contributed by atoms with Crippen LogP contribution in [0.15, 0.2) is 35.7 Å². The summed E-state index contributed by atoms with van der Waals surface area (Å²) in [7, 11) is 0. The lowest BCUT2D eigenvalue weighted by atomic mass is 10.0. The molecule has 2 aromatic rings. The molecular weight excluding hydrogens is 382 g/mol. The number of benzene rings is 1. The summed E-state index contributed by atoms with van der Waals surface area (Å²) >= 11 is 7.55. The van der Waals surface area contributed by atoms with Crippen LogP contribution in [0.5, 0.6) is 0 Å². The number of hydrogen-bond acceptors (Lipinski definition) is 4. The van der Waals surface area contributed by atoms with Gasteiger partial charge in [0.05, 0.1) is 15.6 Å². The number of rotatable bonds is 6. The van der Waals surface area contributed by atoms with Crippen LogP contribution in [0, 0.1) is 0 Å². The predicted octanol–water partition coefficient (Wildman–Crippen LogP) is 4.26. The average Bonchev–Trinajstić information content (AvgIpc) is 3.20. The number of hydrogen-bond donors (Lipinski definition) is 2. The largest absolute Gasteiger partial charge is 0.349 e. The molecule has 0 aliphatic carbocycles. The molecule has 2 amide bonds. The predicted molar refractivity (Wildman–Crippen MR) is 111 cm³/mol. The van der Waals surface area contributed by atoms with Gasteiger partial charge >= 0.3 is 0 Å². The summed E-state index contributed by atoms with van der Waals surface area (Å²) < 4.78 is 0. The number of halogens is 1. The highest BCUT2D eigenvalue weighted by Crippen LogP contribution is 2.24. The van der Waals surface area contributed by atoms with Crippen molar-refractivity contribution in [2.45, 2.75) is 32.2 Å². The monoisotopic (exact) mass is 405 g/mol. The van der Waals surface area contributed by atoms with E-state index in [4.69, 9.17) is 11.6 Å². The summed E-state index contributed by atoms with van der Waals surface area (Å²) in [6.07, 6.45) is 3.07. The molecule has 1 fully saturated rings. The minimum atomic E-state index is -0.229. The molecule has 1 aliphatic heterocycles. The van der Waals surface area contributed by atoms with Crippen LogP contribution in [0.3, 0.4) is 0 Å². The summed E-state index contributed by atoms with van der Waals surface area (Å²) in [6.45, 7) is 5.33. The number of nitrogens with zero attached hydrogens (tertiary/aromatic N) is 1. The van der Waals surface area contributed by atoms with Gasteiger partial charge in [0.15, 0.2) is 0 Å². The van der Waals surface area contributed by atoms with E-state index in [1.54, 1.807) is 24.3 Å². The molecule has 1 aromatic heterocycles. The standard InChI is InChI=1S/C20H24ClN3O2S/c1-2-9-24-10-7-15(8-11-24)22-19(25)14-5-6-16(21)17(13-14)23-20(26)18-4-3-12-27-18/h3-6,12-13,15H,2,7-11H2,1H3,(H,22,25)(H,23,26). The lowest BCUT2D eigenvalue weighted by Gasteiger charge is -2.32. The molecule has 1 aromatic carbocycles. The number of piperidine rings is 1. The van der Waals surface area contributed by atoms with Crippen LogP contribution in [-0.2, 0) is 0 Å². The number of thiophene rings is 1. The van der Waals surface area contributed by atoms with Gasteiger partial charge in [-0.3, -0.25) is 9.59 Å². The summed E-state index contributed by atoms with van der Waals surface area (Å²) in [5, 5.41) is 8.14. The van der Waals surface area contributed by atoms with Gasteiger partial charge in [-0.05, 0) is 55.5 Å². The first kappa shape index (κ1) is 19.9. The van der Waals surface area contributed by atoms with Gasteiger partial charge in [0.2, 0.25) is 0 Å². The second-order valence-corrected chi connectivity index (χ2v) is 8.07. The number of carbonyl (C=O) groups is 2. The van der Waals surface area contributed by atoms with Crippen LogP contribution in [0.25, 0.3) is 0 Å². The zero-order valence-corrected chi connectivity index (χ0v) is 16.9. The van der Waals surface area contributed by atoms with Crippen molar-refractivity contribution < 1.29 is 9.59 Å². The topological polar surface area (TPSA) is 61.4 Å². The first-order valence-corrected chi connectivity index (χ1v) is 10.5. The van der Waals surface area contributed by atoms with Crippen molar-refractivity contribution in [3.63, 3.8) is 0 Å². The van der Waals surface area contributed by atoms with E-state index in [0.717, 1.165) is 38.9 Å². The fourth-order valence-corrected chi connectivity index (χ4v) is 4.02. The molecule has 1 saturated heterocycles. The van der Waals surface area contributed by atoms with E-state index >= 15 is 0 Å². The second-order valence-electron chi connectivity index (χ2n) is 6.72. The Morgan fingerprint density at radius 3 is 2.67 bits per heavy atom. The molecule has 0 radical (unpaired) electrons. The maximum absolute atomic E-state index is 12.6. The van der Waals surface area contributed by atoms with Crippen LogP contribution in [0.4, 0.5) is 5.69 Å². The molecule has 0 bridgehead atoms. The van der Waals surface area contributed by atoms with Crippen LogP contribution in [0.2, 0.25) is 5.02 Å². The summed E-state index contributed by atoms with van der Waals surface area (Å²) in [5.41, 5.74) is 0.942. The summed E-state index contributed by atoms with van der Waals surface area (Å²) in [5.74, 6) is -0.361. The smallest absolute Gasteiger partial charge is 0.265 e. The van der Waals surface area contributed by atoms with Gasteiger partial charge < -0.3 is 15.5 Å². The number of carbonyl (C=O) groups excluding carboxylic acids is 2. The Kier molecular flexibility index (Phi) is 6.88. The molecule has 3 rings (SSSR count). The fourth-order valence-electron chi connectivity index (χ4n) is 3.24. The van der Waals surface area contributed by atoms with E-state index in [2.05, 4.69) is 22.5 Å². The third-order valence-electron chi connectivity index (χ3n) is 4.68. The Hall–Kier alpha value is -1.89. The lowest BCUT2D eigenvalue weighted by Crippen LogP contribution is -2.44. The van der Waals surface area contributed by atoms with Gasteiger partial charge in [0.25, 0.3) is 11.8 Å². The summed E-state index contributed by atoms with van der Waals surface area (Å²) in [6, 6.07) is 8.71. The molecule has 5 nitrogen and oxygen atoms in total. The molecule has 0 atom stereocenters. The van der Waals surface area contributed by atoms with E-state index in [1.165, 1.54) is 11.3 Å². The van der Waals surface area contributed by atoms with Crippen molar-refractivity contribution >= 4 is 40.4 Å². The number of nitrogens with one attached hydrogen (secondary N) is 2. The van der Waals surface area contributed by atoms with E-state index in [0.29, 0.717) is 21.2 Å². The zero-order valence-electron chi connectivity index (χ0n) is 15.3. The Labute approximate surface area is 168 Å².